The summed E-state index contributed by atoms with van der Waals surface area (Å²) >= 11 is 0. The Bertz CT molecular complexity index is 1130. The third-order valence-electron chi connectivity index (χ3n) is 7.26. The van der Waals surface area contributed by atoms with Gasteiger partial charge in [0.25, 0.3) is 0 Å². The van der Waals surface area contributed by atoms with Gasteiger partial charge in [0.15, 0.2) is 11.5 Å². The number of benzene rings is 2. The lowest BCUT2D eigenvalue weighted by atomic mass is 10.0. The molecule has 1 saturated heterocycles. The predicted molar refractivity (Wildman–Crippen MR) is 148 cm³/mol. The summed E-state index contributed by atoms with van der Waals surface area (Å²) in [5.74, 6) is 3.20. The number of nitrogens with zero attached hydrogens (tertiary/aromatic N) is 3. The Kier molecular flexibility index (Phi) is 9.02. The van der Waals surface area contributed by atoms with Gasteiger partial charge in [-0.25, -0.2) is 4.79 Å². The Morgan fingerprint density at radius 2 is 1.76 bits per heavy atom. The van der Waals surface area contributed by atoms with Gasteiger partial charge in [-0.05, 0) is 48.4 Å². The van der Waals surface area contributed by atoms with Crippen molar-refractivity contribution >= 4 is 17.6 Å². The number of carbonyl (C=O) groups excluding carboxylic acids is 2. The number of likely N-dealkylation sites (N-methyl/N-ethyl adjacent to an activating group) is 1. The number of amides is 3. The molecule has 0 N–H and O–H groups in total. The highest BCUT2D eigenvalue weighted by Gasteiger charge is 2.32. The molecular formula is C30H41N3O5. The summed E-state index contributed by atoms with van der Waals surface area (Å²) in [4.78, 5) is 31.1. The van der Waals surface area contributed by atoms with Crippen LogP contribution in [0.5, 0.6) is 17.2 Å². The minimum absolute atomic E-state index is 0.0289. The molecule has 2 fully saturated rings. The molecule has 0 radical (unpaired) electrons. The minimum Gasteiger partial charge on any atom is -0.496 e. The van der Waals surface area contributed by atoms with E-state index >= 15 is 0 Å². The summed E-state index contributed by atoms with van der Waals surface area (Å²) in [7, 11) is 6.75. The number of hydrogen-bond acceptors (Lipinski definition) is 5. The van der Waals surface area contributed by atoms with Crippen molar-refractivity contribution < 1.29 is 23.8 Å². The molecule has 206 valence electrons. The molecular weight excluding hydrogens is 482 g/mol. The van der Waals surface area contributed by atoms with E-state index in [0.717, 1.165) is 29.2 Å². The maximum atomic E-state index is 13.7. The number of urea groups is 1. The first kappa shape index (κ1) is 27.6. The van der Waals surface area contributed by atoms with Crippen molar-refractivity contribution in [1.82, 2.24) is 9.80 Å². The molecule has 2 aliphatic rings. The molecule has 8 heteroatoms. The quantitative estimate of drug-likeness (QED) is 0.367. The van der Waals surface area contributed by atoms with Crippen molar-refractivity contribution in [1.29, 1.82) is 0 Å². The topological polar surface area (TPSA) is 71.6 Å². The second kappa shape index (κ2) is 12.4. The van der Waals surface area contributed by atoms with Crippen molar-refractivity contribution in [3.63, 3.8) is 0 Å². The fraction of sp³-hybridized carbons (Fsp3) is 0.533. The zero-order valence-electron chi connectivity index (χ0n) is 23.4. The molecule has 2 aromatic carbocycles. The van der Waals surface area contributed by atoms with Gasteiger partial charge in [-0.1, -0.05) is 31.9 Å². The van der Waals surface area contributed by atoms with E-state index in [1.54, 1.807) is 33.2 Å². The number of rotatable bonds is 12. The van der Waals surface area contributed by atoms with E-state index in [-0.39, 0.29) is 17.9 Å². The van der Waals surface area contributed by atoms with Crippen LogP contribution >= 0.6 is 0 Å². The van der Waals surface area contributed by atoms with E-state index in [4.69, 9.17) is 14.2 Å². The fourth-order valence-corrected chi connectivity index (χ4v) is 4.90. The summed E-state index contributed by atoms with van der Waals surface area (Å²) < 4.78 is 17.3. The van der Waals surface area contributed by atoms with Gasteiger partial charge in [0.05, 0.1) is 33.8 Å². The maximum Gasteiger partial charge on any atom is 0.324 e. The Hall–Kier alpha value is -3.42. The second-order valence-electron chi connectivity index (χ2n) is 10.8. The zero-order valence-corrected chi connectivity index (χ0v) is 23.4. The smallest absolute Gasteiger partial charge is 0.324 e. The summed E-state index contributed by atoms with van der Waals surface area (Å²) in [6, 6.07) is 11.4. The van der Waals surface area contributed by atoms with Crippen molar-refractivity contribution in [2.45, 2.75) is 45.6 Å². The standard InChI is InChI=1S/C30H41N3O5/c1-21-18-32(20-24-11-10-23(15-27(24)37-5)16-29(34)31(2)3)30(35)33(19-21)25-12-13-26(36-4)28(17-25)38-14-6-7-22-8-9-22/h10-13,15,17,21-22H,6-9,14,16,18-20H2,1-5H3. The van der Waals surface area contributed by atoms with Gasteiger partial charge in [0, 0.05) is 44.5 Å². The molecule has 0 bridgehead atoms. The van der Waals surface area contributed by atoms with Crippen LogP contribution in [0.4, 0.5) is 10.5 Å². The van der Waals surface area contributed by atoms with Crippen molar-refractivity contribution in [3.8, 4) is 17.2 Å². The van der Waals surface area contributed by atoms with Gasteiger partial charge in [0.1, 0.15) is 5.75 Å². The number of hydrogen-bond donors (Lipinski definition) is 0. The minimum atomic E-state index is -0.0538. The third kappa shape index (κ3) is 6.91. The molecule has 1 unspecified atom stereocenters. The lowest BCUT2D eigenvalue weighted by Gasteiger charge is -2.39. The van der Waals surface area contributed by atoms with E-state index in [1.165, 1.54) is 19.3 Å². The normalized spacial score (nSPS) is 17.4. The number of ether oxygens (including phenoxy) is 3. The molecule has 8 nitrogen and oxygen atoms in total. The first-order valence-corrected chi connectivity index (χ1v) is 13.5. The van der Waals surface area contributed by atoms with Crippen molar-refractivity contribution in [3.05, 3.63) is 47.5 Å². The monoisotopic (exact) mass is 523 g/mol. The second-order valence-corrected chi connectivity index (χ2v) is 10.8. The SMILES string of the molecule is COc1cc(CC(=O)N(C)C)ccc1CN1CC(C)CN(c2ccc(OC)c(OCCCC3CC3)c2)C1=O. The summed E-state index contributed by atoms with van der Waals surface area (Å²) in [5.41, 5.74) is 2.59. The molecule has 0 spiro atoms. The van der Waals surface area contributed by atoms with Crippen LogP contribution in [0, 0.1) is 11.8 Å². The van der Waals surface area contributed by atoms with E-state index < -0.39 is 0 Å². The molecule has 38 heavy (non-hydrogen) atoms. The Morgan fingerprint density at radius 3 is 2.45 bits per heavy atom. The highest BCUT2D eigenvalue weighted by atomic mass is 16.5. The van der Waals surface area contributed by atoms with Gasteiger partial charge in [-0.15, -0.1) is 0 Å². The van der Waals surface area contributed by atoms with Gasteiger partial charge < -0.3 is 24.0 Å². The van der Waals surface area contributed by atoms with Crippen LogP contribution in [0.25, 0.3) is 0 Å². The molecule has 1 atom stereocenters. The fourth-order valence-electron chi connectivity index (χ4n) is 4.90. The Balaban J connectivity index is 1.48. The molecule has 0 aromatic heterocycles. The van der Waals surface area contributed by atoms with E-state index in [0.29, 0.717) is 49.9 Å². The van der Waals surface area contributed by atoms with Crippen LogP contribution in [0.3, 0.4) is 0 Å². The molecule has 1 aliphatic carbocycles. The predicted octanol–water partition coefficient (Wildman–Crippen LogP) is 4.98. The average molecular weight is 524 g/mol. The van der Waals surface area contributed by atoms with Crippen LogP contribution in [-0.2, 0) is 17.8 Å². The summed E-state index contributed by atoms with van der Waals surface area (Å²) in [6.07, 6.45) is 5.22. The largest absolute Gasteiger partial charge is 0.496 e. The van der Waals surface area contributed by atoms with E-state index in [9.17, 15) is 9.59 Å². The van der Waals surface area contributed by atoms with Crippen LogP contribution in [0.15, 0.2) is 36.4 Å². The van der Waals surface area contributed by atoms with E-state index in [1.807, 2.05) is 46.2 Å². The number of carbonyl (C=O) groups is 2. The Labute approximate surface area is 226 Å². The number of methoxy groups -OCH3 is 2. The van der Waals surface area contributed by atoms with Crippen molar-refractivity contribution in [2.24, 2.45) is 11.8 Å². The van der Waals surface area contributed by atoms with Gasteiger partial charge >= 0.3 is 6.03 Å². The van der Waals surface area contributed by atoms with Crippen LogP contribution in [0.1, 0.15) is 43.7 Å². The van der Waals surface area contributed by atoms with Crippen LogP contribution in [-0.4, -0.2) is 69.7 Å². The van der Waals surface area contributed by atoms with Crippen molar-refractivity contribution in [2.75, 3.05) is 52.9 Å². The summed E-state index contributed by atoms with van der Waals surface area (Å²) in [5, 5.41) is 0. The third-order valence-corrected chi connectivity index (χ3v) is 7.26. The zero-order chi connectivity index (χ0) is 27.2. The summed E-state index contributed by atoms with van der Waals surface area (Å²) in [6.45, 7) is 4.50. The lowest BCUT2D eigenvalue weighted by Crippen LogP contribution is -2.52. The van der Waals surface area contributed by atoms with Crippen LogP contribution in [0.2, 0.25) is 0 Å². The molecule has 2 aromatic rings. The molecule has 3 amide bonds. The first-order chi connectivity index (χ1) is 18.3. The molecule has 1 aliphatic heterocycles. The maximum absolute atomic E-state index is 13.7. The average Bonchev–Trinajstić information content (AvgIpc) is 3.73. The molecule has 1 heterocycles. The van der Waals surface area contributed by atoms with E-state index in [2.05, 4.69) is 6.92 Å². The van der Waals surface area contributed by atoms with Gasteiger partial charge in [-0.3, -0.25) is 9.69 Å². The van der Waals surface area contributed by atoms with Gasteiger partial charge in [0.2, 0.25) is 5.91 Å². The Morgan fingerprint density at radius 1 is 1.00 bits per heavy atom. The lowest BCUT2D eigenvalue weighted by molar-refractivity contribution is -0.127. The highest BCUT2D eigenvalue weighted by molar-refractivity contribution is 5.93. The van der Waals surface area contributed by atoms with Crippen LogP contribution < -0.4 is 19.1 Å². The molecule has 4 rings (SSSR count). The first-order valence-electron chi connectivity index (χ1n) is 13.5. The van der Waals surface area contributed by atoms with Gasteiger partial charge in [-0.2, -0.15) is 0 Å². The highest BCUT2D eigenvalue weighted by Crippen LogP contribution is 2.36. The molecule has 1 saturated carbocycles. The number of anilines is 1.